The summed E-state index contributed by atoms with van der Waals surface area (Å²) in [6, 6.07) is 0. The largest absolute Gasteiger partial charge is 0.461 e. The summed E-state index contributed by atoms with van der Waals surface area (Å²) in [5.41, 5.74) is 0.903. The van der Waals surface area contributed by atoms with Crippen molar-refractivity contribution in [1.29, 1.82) is 0 Å². The molecule has 0 atom stereocenters. The van der Waals surface area contributed by atoms with Crippen molar-refractivity contribution in [3.05, 3.63) is 11.6 Å². The van der Waals surface area contributed by atoms with Crippen molar-refractivity contribution in [2.45, 2.75) is 59.1 Å². The van der Waals surface area contributed by atoms with Crippen molar-refractivity contribution < 1.29 is 9.31 Å². The van der Waals surface area contributed by atoms with Crippen molar-refractivity contribution in [1.82, 2.24) is 0 Å². The Labute approximate surface area is 87.8 Å². The molecule has 1 heterocycles. The van der Waals surface area contributed by atoms with E-state index in [4.69, 9.17) is 9.31 Å². The predicted octanol–water partition coefficient (Wildman–Crippen LogP) is 3.04. The highest BCUT2D eigenvalue weighted by molar-refractivity contribution is 6.46. The van der Waals surface area contributed by atoms with Crippen LogP contribution in [0.5, 0.6) is 0 Å². The molecule has 0 aromatic rings. The fraction of sp³-hybridized carbons (Fsp3) is 0.818. The minimum atomic E-state index is -0.201. The maximum absolute atomic E-state index is 5.85. The number of hydrogen-bond donors (Lipinski definition) is 0. The van der Waals surface area contributed by atoms with Crippen molar-refractivity contribution in [2.24, 2.45) is 0 Å². The standard InChI is InChI=1S/C11H21BO2/c1-9(2)7-8-12-13-10(3,4)11(5,6)14-12/h7H,8H2,1-6H3. The van der Waals surface area contributed by atoms with Crippen molar-refractivity contribution >= 4 is 7.12 Å². The van der Waals surface area contributed by atoms with E-state index >= 15 is 0 Å². The summed E-state index contributed by atoms with van der Waals surface area (Å²) in [5, 5.41) is 0. The van der Waals surface area contributed by atoms with Gasteiger partial charge in [0.2, 0.25) is 0 Å². The molecule has 0 saturated carbocycles. The molecule has 1 rings (SSSR count). The summed E-state index contributed by atoms with van der Waals surface area (Å²) in [7, 11) is -0.0881. The van der Waals surface area contributed by atoms with Gasteiger partial charge in [-0.3, -0.25) is 0 Å². The molecule has 80 valence electrons. The van der Waals surface area contributed by atoms with Crippen LogP contribution < -0.4 is 0 Å². The second-order valence-corrected chi connectivity index (χ2v) is 5.20. The molecule has 1 saturated heterocycles. The van der Waals surface area contributed by atoms with Gasteiger partial charge in [0.1, 0.15) is 0 Å². The van der Waals surface area contributed by atoms with Gasteiger partial charge in [0.05, 0.1) is 11.2 Å². The first-order valence-electron chi connectivity index (χ1n) is 5.23. The molecule has 1 aliphatic heterocycles. The second-order valence-electron chi connectivity index (χ2n) is 5.20. The molecule has 0 unspecified atom stereocenters. The minimum Gasteiger partial charge on any atom is -0.403 e. The quantitative estimate of drug-likeness (QED) is 0.499. The number of hydrogen-bond acceptors (Lipinski definition) is 2. The first-order chi connectivity index (χ1) is 6.24. The lowest BCUT2D eigenvalue weighted by molar-refractivity contribution is 0.00578. The lowest BCUT2D eigenvalue weighted by atomic mass is 9.84. The maximum Gasteiger partial charge on any atom is 0.461 e. The van der Waals surface area contributed by atoms with Gasteiger partial charge in [-0.1, -0.05) is 11.6 Å². The van der Waals surface area contributed by atoms with Crippen LogP contribution in [0.25, 0.3) is 0 Å². The van der Waals surface area contributed by atoms with Crippen molar-refractivity contribution in [3.63, 3.8) is 0 Å². The minimum absolute atomic E-state index is 0.0881. The fourth-order valence-corrected chi connectivity index (χ4v) is 1.39. The van der Waals surface area contributed by atoms with Gasteiger partial charge in [-0.15, -0.1) is 0 Å². The van der Waals surface area contributed by atoms with Crippen LogP contribution in [0.2, 0.25) is 6.32 Å². The Hall–Kier alpha value is -0.275. The van der Waals surface area contributed by atoms with Crippen LogP contribution in [0.1, 0.15) is 41.5 Å². The fourth-order valence-electron chi connectivity index (χ4n) is 1.39. The lowest BCUT2D eigenvalue weighted by Gasteiger charge is -2.32. The average Bonchev–Trinajstić information content (AvgIpc) is 2.17. The molecular weight excluding hydrogens is 175 g/mol. The molecule has 0 bridgehead atoms. The van der Waals surface area contributed by atoms with E-state index in [-0.39, 0.29) is 18.3 Å². The zero-order valence-electron chi connectivity index (χ0n) is 10.2. The van der Waals surface area contributed by atoms with Crippen LogP contribution >= 0.6 is 0 Å². The third kappa shape index (κ3) is 2.40. The Bertz CT molecular complexity index is 224. The summed E-state index contributed by atoms with van der Waals surface area (Å²) < 4.78 is 11.7. The number of rotatable bonds is 2. The average molecular weight is 196 g/mol. The van der Waals surface area contributed by atoms with Gasteiger partial charge in [0.15, 0.2) is 0 Å². The van der Waals surface area contributed by atoms with E-state index in [1.807, 2.05) is 0 Å². The normalized spacial score (nSPS) is 23.7. The smallest absolute Gasteiger partial charge is 0.403 e. The van der Waals surface area contributed by atoms with Gasteiger partial charge in [0, 0.05) is 6.32 Å². The Balaban J connectivity index is 2.60. The molecular formula is C11H21BO2. The van der Waals surface area contributed by atoms with Crippen LogP contribution in [0.15, 0.2) is 11.6 Å². The predicted molar refractivity (Wildman–Crippen MR) is 60.3 cm³/mol. The zero-order valence-corrected chi connectivity index (χ0v) is 10.2. The Morgan fingerprint density at radius 2 is 1.50 bits per heavy atom. The van der Waals surface area contributed by atoms with E-state index in [0.717, 1.165) is 6.32 Å². The van der Waals surface area contributed by atoms with E-state index in [9.17, 15) is 0 Å². The van der Waals surface area contributed by atoms with Crippen LogP contribution in [0.4, 0.5) is 0 Å². The van der Waals surface area contributed by atoms with Gasteiger partial charge in [-0.25, -0.2) is 0 Å². The molecule has 0 aliphatic carbocycles. The van der Waals surface area contributed by atoms with E-state index in [1.165, 1.54) is 5.57 Å². The summed E-state index contributed by atoms with van der Waals surface area (Å²) in [5.74, 6) is 0. The molecule has 0 radical (unpaired) electrons. The molecule has 0 aromatic heterocycles. The Kier molecular flexibility index (Phi) is 3.12. The monoisotopic (exact) mass is 196 g/mol. The molecule has 0 amide bonds. The molecule has 1 fully saturated rings. The van der Waals surface area contributed by atoms with Gasteiger partial charge in [-0.2, -0.15) is 0 Å². The van der Waals surface area contributed by atoms with Gasteiger partial charge in [-0.05, 0) is 41.5 Å². The van der Waals surface area contributed by atoms with Crippen molar-refractivity contribution in [3.8, 4) is 0 Å². The summed E-state index contributed by atoms with van der Waals surface area (Å²) >= 11 is 0. The first kappa shape index (κ1) is 11.8. The van der Waals surface area contributed by atoms with E-state index in [2.05, 4.69) is 47.6 Å². The Morgan fingerprint density at radius 1 is 1.07 bits per heavy atom. The van der Waals surface area contributed by atoms with Crippen LogP contribution in [-0.2, 0) is 9.31 Å². The van der Waals surface area contributed by atoms with Gasteiger partial charge >= 0.3 is 7.12 Å². The van der Waals surface area contributed by atoms with Crippen LogP contribution in [0, 0.1) is 0 Å². The number of allylic oxidation sites excluding steroid dienone is 2. The summed E-state index contributed by atoms with van der Waals surface area (Å²) in [6.07, 6.45) is 3.00. The first-order valence-corrected chi connectivity index (χ1v) is 5.23. The highest BCUT2D eigenvalue weighted by atomic mass is 16.7. The molecule has 0 spiro atoms. The van der Waals surface area contributed by atoms with Crippen LogP contribution in [0.3, 0.4) is 0 Å². The molecule has 14 heavy (non-hydrogen) atoms. The SMILES string of the molecule is CC(C)=CCB1OC(C)(C)C(C)(C)O1. The third-order valence-corrected chi connectivity index (χ3v) is 3.02. The van der Waals surface area contributed by atoms with E-state index in [0.29, 0.717) is 0 Å². The van der Waals surface area contributed by atoms with E-state index in [1.54, 1.807) is 0 Å². The third-order valence-electron chi connectivity index (χ3n) is 3.02. The molecule has 0 N–H and O–H groups in total. The molecule has 3 heteroatoms. The van der Waals surface area contributed by atoms with Crippen molar-refractivity contribution in [2.75, 3.05) is 0 Å². The topological polar surface area (TPSA) is 18.5 Å². The molecule has 0 aromatic carbocycles. The van der Waals surface area contributed by atoms with Crippen LogP contribution in [-0.4, -0.2) is 18.3 Å². The summed E-state index contributed by atoms with van der Waals surface area (Å²) in [4.78, 5) is 0. The van der Waals surface area contributed by atoms with Gasteiger partial charge < -0.3 is 9.31 Å². The van der Waals surface area contributed by atoms with E-state index < -0.39 is 0 Å². The summed E-state index contributed by atoms with van der Waals surface area (Å²) in [6.45, 7) is 12.5. The highest BCUT2D eigenvalue weighted by Gasteiger charge is 2.50. The molecule has 2 nitrogen and oxygen atoms in total. The lowest BCUT2D eigenvalue weighted by Crippen LogP contribution is -2.41. The zero-order chi connectivity index (χ0) is 11.0. The highest BCUT2D eigenvalue weighted by Crippen LogP contribution is 2.37. The second kappa shape index (κ2) is 3.71. The molecule has 1 aliphatic rings. The van der Waals surface area contributed by atoms with Gasteiger partial charge in [0.25, 0.3) is 0 Å². The Morgan fingerprint density at radius 3 is 1.86 bits per heavy atom. The maximum atomic E-state index is 5.85.